The molecule has 1 N–H and O–H groups in total. The highest BCUT2D eigenvalue weighted by atomic mass is 19.1. The second kappa shape index (κ2) is 9.96. The summed E-state index contributed by atoms with van der Waals surface area (Å²) in [5.41, 5.74) is 1.23. The first-order valence-corrected chi connectivity index (χ1v) is 10.7. The fourth-order valence-electron chi connectivity index (χ4n) is 3.96. The Labute approximate surface area is 187 Å². The lowest BCUT2D eigenvalue weighted by molar-refractivity contribution is -0.140. The first-order chi connectivity index (χ1) is 15.3. The van der Waals surface area contributed by atoms with Gasteiger partial charge in [-0.15, -0.1) is 0 Å². The number of hydrogen-bond acceptors (Lipinski definition) is 5. The third-order valence-electron chi connectivity index (χ3n) is 5.49. The largest absolute Gasteiger partial charge is 0.507 e. The van der Waals surface area contributed by atoms with Gasteiger partial charge in [0, 0.05) is 17.7 Å². The molecule has 0 aromatic heterocycles. The predicted octanol–water partition coefficient (Wildman–Crippen LogP) is 3.91. The number of Topliss-reactive ketones (excluding diaryl/α,β-unsaturated/α-hetero) is 1. The topological polar surface area (TPSA) is 70.1 Å². The molecule has 170 valence electrons. The van der Waals surface area contributed by atoms with Crippen LogP contribution in [0.15, 0.2) is 48.0 Å². The van der Waals surface area contributed by atoms with Gasteiger partial charge in [0.05, 0.1) is 18.2 Å². The van der Waals surface area contributed by atoms with Crippen LogP contribution in [0.25, 0.3) is 5.76 Å². The maximum Gasteiger partial charge on any atom is 0.295 e. The molecule has 7 heteroatoms. The van der Waals surface area contributed by atoms with Gasteiger partial charge in [0.1, 0.15) is 17.3 Å². The average Bonchev–Trinajstić information content (AvgIpc) is 3.00. The van der Waals surface area contributed by atoms with Gasteiger partial charge in [0.25, 0.3) is 11.7 Å². The Balaban J connectivity index is 2.11. The van der Waals surface area contributed by atoms with Crippen LogP contribution in [0.3, 0.4) is 0 Å². The number of ether oxygens (including phenoxy) is 1. The average molecular weight is 441 g/mol. The molecule has 6 nitrogen and oxygen atoms in total. The minimum Gasteiger partial charge on any atom is -0.507 e. The van der Waals surface area contributed by atoms with Crippen molar-refractivity contribution >= 4 is 17.4 Å². The summed E-state index contributed by atoms with van der Waals surface area (Å²) < 4.78 is 20.3. The molecule has 0 aliphatic carbocycles. The minimum atomic E-state index is -0.995. The summed E-state index contributed by atoms with van der Waals surface area (Å²) in [6.45, 7) is 5.17. The fourth-order valence-corrected chi connectivity index (χ4v) is 3.96. The molecular formula is C25H29FN2O4. The summed E-state index contributed by atoms with van der Waals surface area (Å²) in [6, 6.07) is 10.1. The Hall–Kier alpha value is -3.19. The van der Waals surface area contributed by atoms with E-state index in [1.54, 1.807) is 36.4 Å². The minimum absolute atomic E-state index is 0.103. The van der Waals surface area contributed by atoms with E-state index < -0.39 is 23.5 Å². The van der Waals surface area contributed by atoms with Crippen molar-refractivity contribution in [2.45, 2.75) is 26.3 Å². The Kier molecular flexibility index (Phi) is 7.30. The second-order valence-electron chi connectivity index (χ2n) is 8.08. The van der Waals surface area contributed by atoms with Crippen LogP contribution in [0, 0.1) is 12.7 Å². The molecule has 2 aromatic carbocycles. The van der Waals surface area contributed by atoms with Gasteiger partial charge in [-0.25, -0.2) is 4.39 Å². The molecule has 1 amide bonds. The third-order valence-corrected chi connectivity index (χ3v) is 5.49. The van der Waals surface area contributed by atoms with Crippen molar-refractivity contribution in [3.05, 3.63) is 70.5 Å². The Morgan fingerprint density at radius 2 is 1.91 bits per heavy atom. The summed E-state index contributed by atoms with van der Waals surface area (Å²) in [6.07, 6.45) is 0.604. The number of aryl methyl sites for hydroxylation is 1. The van der Waals surface area contributed by atoms with Crippen molar-refractivity contribution in [3.63, 3.8) is 0 Å². The summed E-state index contributed by atoms with van der Waals surface area (Å²) in [5.74, 6) is -1.74. The summed E-state index contributed by atoms with van der Waals surface area (Å²) in [5, 5.41) is 11.1. The van der Waals surface area contributed by atoms with Gasteiger partial charge in [0.15, 0.2) is 0 Å². The van der Waals surface area contributed by atoms with Gasteiger partial charge in [-0.05, 0) is 70.7 Å². The number of halogens is 1. The third kappa shape index (κ3) is 4.67. The van der Waals surface area contributed by atoms with E-state index in [0.717, 1.165) is 5.56 Å². The van der Waals surface area contributed by atoms with Crippen LogP contribution in [0.5, 0.6) is 5.75 Å². The molecule has 1 aliphatic rings. The molecule has 0 saturated carbocycles. The lowest BCUT2D eigenvalue weighted by atomic mass is 9.94. The molecule has 32 heavy (non-hydrogen) atoms. The highest BCUT2D eigenvalue weighted by molar-refractivity contribution is 6.46. The van der Waals surface area contributed by atoms with Gasteiger partial charge in [-0.1, -0.05) is 18.2 Å². The zero-order chi connectivity index (χ0) is 23.4. The molecule has 1 fully saturated rings. The highest BCUT2D eigenvalue weighted by Crippen LogP contribution is 2.40. The van der Waals surface area contributed by atoms with Crippen molar-refractivity contribution < 1.29 is 23.8 Å². The molecular weight excluding hydrogens is 411 g/mol. The van der Waals surface area contributed by atoms with Crippen LogP contribution in [0.4, 0.5) is 4.39 Å². The summed E-state index contributed by atoms with van der Waals surface area (Å²) >= 11 is 0. The lowest BCUT2D eigenvalue weighted by Crippen LogP contribution is -2.32. The van der Waals surface area contributed by atoms with Gasteiger partial charge in [-0.2, -0.15) is 0 Å². The lowest BCUT2D eigenvalue weighted by Gasteiger charge is -2.26. The molecule has 1 aliphatic heterocycles. The van der Waals surface area contributed by atoms with Crippen molar-refractivity contribution in [1.29, 1.82) is 0 Å². The monoisotopic (exact) mass is 440 g/mol. The first-order valence-electron chi connectivity index (χ1n) is 10.7. The summed E-state index contributed by atoms with van der Waals surface area (Å²) in [7, 11) is 3.83. The smallest absolute Gasteiger partial charge is 0.295 e. The zero-order valence-corrected chi connectivity index (χ0v) is 18.9. The molecule has 0 radical (unpaired) electrons. The van der Waals surface area contributed by atoms with Gasteiger partial charge >= 0.3 is 0 Å². The van der Waals surface area contributed by atoms with E-state index in [2.05, 4.69) is 0 Å². The van der Waals surface area contributed by atoms with Crippen molar-refractivity contribution in [3.8, 4) is 5.75 Å². The van der Waals surface area contributed by atoms with E-state index in [0.29, 0.717) is 30.9 Å². The molecule has 1 atom stereocenters. The maximum atomic E-state index is 14.8. The molecule has 1 saturated heterocycles. The van der Waals surface area contributed by atoms with Gasteiger partial charge in [-0.3, -0.25) is 9.59 Å². The van der Waals surface area contributed by atoms with Gasteiger partial charge < -0.3 is 19.6 Å². The van der Waals surface area contributed by atoms with E-state index in [9.17, 15) is 19.1 Å². The van der Waals surface area contributed by atoms with Crippen LogP contribution < -0.4 is 4.74 Å². The van der Waals surface area contributed by atoms with Crippen molar-refractivity contribution in [2.75, 3.05) is 33.8 Å². The molecule has 1 unspecified atom stereocenters. The number of carbonyl (C=O) groups is 2. The van der Waals surface area contributed by atoms with Crippen LogP contribution in [0.2, 0.25) is 0 Å². The molecule has 1 heterocycles. The number of carbonyl (C=O) groups excluding carboxylic acids is 2. The first kappa shape index (κ1) is 23.5. The SMILES string of the molecule is CCOc1ccc(/C(O)=C2/C(=O)C(=O)N(CCCN(C)C)C2c2ccccc2F)cc1C. The quantitative estimate of drug-likeness (QED) is 0.383. The number of rotatable bonds is 8. The van der Waals surface area contributed by atoms with E-state index in [-0.39, 0.29) is 23.4 Å². The van der Waals surface area contributed by atoms with E-state index in [4.69, 9.17) is 4.74 Å². The Morgan fingerprint density at radius 3 is 2.53 bits per heavy atom. The number of amides is 1. The van der Waals surface area contributed by atoms with Crippen molar-refractivity contribution in [2.24, 2.45) is 0 Å². The number of benzene rings is 2. The molecule has 2 aromatic rings. The number of aliphatic hydroxyl groups is 1. The highest BCUT2D eigenvalue weighted by Gasteiger charge is 2.46. The molecule has 3 rings (SSSR count). The van der Waals surface area contributed by atoms with Crippen LogP contribution in [-0.2, 0) is 9.59 Å². The zero-order valence-electron chi connectivity index (χ0n) is 18.9. The van der Waals surface area contributed by atoms with Crippen LogP contribution in [-0.4, -0.2) is 60.4 Å². The number of hydrogen-bond donors (Lipinski definition) is 1. The van der Waals surface area contributed by atoms with Crippen LogP contribution >= 0.6 is 0 Å². The predicted molar refractivity (Wildman–Crippen MR) is 121 cm³/mol. The summed E-state index contributed by atoms with van der Waals surface area (Å²) in [4.78, 5) is 29.2. The fraction of sp³-hybridized carbons (Fsp3) is 0.360. The van der Waals surface area contributed by atoms with Crippen molar-refractivity contribution in [1.82, 2.24) is 9.80 Å². The Bertz CT molecular complexity index is 1050. The van der Waals surface area contributed by atoms with Crippen LogP contribution in [0.1, 0.15) is 36.1 Å². The number of ketones is 1. The van der Waals surface area contributed by atoms with E-state index >= 15 is 0 Å². The van der Waals surface area contributed by atoms with E-state index in [1.165, 1.54) is 11.0 Å². The second-order valence-corrected chi connectivity index (χ2v) is 8.08. The van der Waals surface area contributed by atoms with E-state index in [1.807, 2.05) is 32.8 Å². The number of likely N-dealkylation sites (tertiary alicyclic amines) is 1. The normalized spacial score (nSPS) is 17.9. The number of nitrogens with zero attached hydrogens (tertiary/aromatic N) is 2. The Morgan fingerprint density at radius 1 is 1.19 bits per heavy atom. The number of aliphatic hydroxyl groups excluding tert-OH is 1. The maximum absolute atomic E-state index is 14.8. The standard InChI is InChI=1S/C25H29FN2O4/c1-5-32-20-12-11-17(15-16(20)2)23(29)21-22(18-9-6-7-10-19(18)26)28(25(31)24(21)30)14-8-13-27(3)4/h6-7,9-12,15,22,29H,5,8,13-14H2,1-4H3/b23-21-. The molecule has 0 spiro atoms. The molecule has 0 bridgehead atoms. The van der Waals surface area contributed by atoms with Gasteiger partial charge in [0.2, 0.25) is 0 Å².